The van der Waals surface area contributed by atoms with Crippen molar-refractivity contribution in [3.8, 4) is 5.75 Å². The van der Waals surface area contributed by atoms with Crippen LogP contribution in [0.1, 0.15) is 5.56 Å². The number of para-hydroxylation sites is 1. The molecule has 1 aromatic rings. The van der Waals surface area contributed by atoms with Gasteiger partial charge in [-0.2, -0.15) is 0 Å². The Labute approximate surface area is 102 Å². The number of esters is 1. The second-order valence-electron chi connectivity index (χ2n) is 3.08. The van der Waals surface area contributed by atoms with Crippen molar-refractivity contribution in [2.75, 3.05) is 6.54 Å². The summed E-state index contributed by atoms with van der Waals surface area (Å²) in [7, 11) is 0. The smallest absolute Gasteiger partial charge is 0.330 e. The molecule has 0 aliphatic carbocycles. The van der Waals surface area contributed by atoms with Crippen molar-refractivity contribution in [1.29, 1.82) is 0 Å². The van der Waals surface area contributed by atoms with Crippen LogP contribution in [0.3, 0.4) is 0 Å². The lowest BCUT2D eigenvalue weighted by Crippen LogP contribution is -2.25. The third-order valence-corrected chi connectivity index (χ3v) is 1.85. The van der Waals surface area contributed by atoms with Crippen molar-refractivity contribution in [2.24, 2.45) is 0 Å². The van der Waals surface area contributed by atoms with E-state index in [1.54, 1.807) is 12.1 Å². The first-order chi connectivity index (χ1) is 8.63. The van der Waals surface area contributed by atoms with Crippen molar-refractivity contribution >= 4 is 12.4 Å². The molecule has 1 aromatic carbocycles. The Morgan fingerprint density at radius 1 is 1.44 bits per heavy atom. The minimum Gasteiger partial charge on any atom is -0.425 e. The number of hydrogen-bond donors (Lipinski definition) is 1. The Morgan fingerprint density at radius 2 is 2.17 bits per heavy atom. The van der Waals surface area contributed by atoms with E-state index in [1.807, 2.05) is 0 Å². The number of ether oxygens (including phenoxy) is 1. The van der Waals surface area contributed by atoms with Gasteiger partial charge in [0.1, 0.15) is 18.9 Å². The van der Waals surface area contributed by atoms with Gasteiger partial charge in [-0.1, -0.05) is 18.2 Å². The van der Waals surface area contributed by atoms with Gasteiger partial charge in [0.2, 0.25) is 6.41 Å². The molecule has 0 aromatic heterocycles. The van der Waals surface area contributed by atoms with Crippen molar-refractivity contribution in [1.82, 2.24) is 5.32 Å². The molecule has 1 rings (SSSR count). The summed E-state index contributed by atoms with van der Waals surface area (Å²) in [6.07, 6.45) is 0.364. The van der Waals surface area contributed by atoms with Crippen LogP contribution >= 0.6 is 0 Å². The number of carbonyl (C=O) groups is 2. The molecule has 1 N–H and O–H groups in total. The van der Waals surface area contributed by atoms with E-state index in [0.29, 0.717) is 12.0 Å². The molecule has 0 bridgehead atoms. The fraction of sp³-hybridized carbons (Fsp3) is 0.200. The van der Waals surface area contributed by atoms with Crippen molar-refractivity contribution in [2.45, 2.75) is 6.61 Å². The van der Waals surface area contributed by atoms with Crippen LogP contribution in [-0.4, -0.2) is 24.0 Å². The maximum Gasteiger partial charge on any atom is 0.330 e. The van der Waals surface area contributed by atoms with E-state index in [0.717, 1.165) is 0 Å². The predicted molar refractivity (Wildman–Crippen MR) is 57.9 cm³/mol. The average Bonchev–Trinajstić information content (AvgIpc) is 2.35. The summed E-state index contributed by atoms with van der Waals surface area (Å²) in [5.74, 6) is -0.535. The van der Waals surface area contributed by atoms with E-state index >= 15 is 0 Å². The summed E-state index contributed by atoms with van der Waals surface area (Å²) in [6, 6.07) is 6.22. The van der Waals surface area contributed by atoms with Crippen LogP contribution in [0.2, 0.25) is 0 Å². The van der Waals surface area contributed by atoms with E-state index in [1.165, 1.54) is 12.1 Å². The van der Waals surface area contributed by atoms with Crippen LogP contribution in [0.15, 0.2) is 24.3 Å². The summed E-state index contributed by atoms with van der Waals surface area (Å²) in [4.78, 5) is 35.5. The Morgan fingerprint density at radius 3 is 2.83 bits per heavy atom. The molecule has 8 nitrogen and oxygen atoms in total. The van der Waals surface area contributed by atoms with E-state index in [9.17, 15) is 19.7 Å². The summed E-state index contributed by atoms with van der Waals surface area (Å²) >= 11 is 0. The van der Waals surface area contributed by atoms with Gasteiger partial charge in [-0.25, -0.2) is 4.79 Å². The molecule has 96 valence electrons. The summed E-state index contributed by atoms with van der Waals surface area (Å²) < 4.78 is 4.92. The summed E-state index contributed by atoms with van der Waals surface area (Å²) in [5.41, 5.74) is 0.355. The van der Waals surface area contributed by atoms with Gasteiger partial charge >= 0.3 is 5.97 Å². The molecule has 0 saturated carbocycles. The van der Waals surface area contributed by atoms with Gasteiger partial charge in [0.05, 0.1) is 0 Å². The van der Waals surface area contributed by atoms with Crippen molar-refractivity contribution < 1.29 is 24.3 Å². The average molecular weight is 254 g/mol. The second-order valence-corrected chi connectivity index (χ2v) is 3.08. The Balaban J connectivity index is 2.66. The standard InChI is InChI=1S/C10H10N2O6/c13-7-11-5-10(14)18-9-4-2-1-3-8(9)6-17-12(15)16/h1-4,7H,5-6H2,(H,11,13). The van der Waals surface area contributed by atoms with Gasteiger partial charge in [0.15, 0.2) is 0 Å². The lowest BCUT2D eigenvalue weighted by Gasteiger charge is -2.08. The molecule has 0 saturated heterocycles. The number of amides is 1. The zero-order chi connectivity index (χ0) is 13.4. The molecule has 0 unspecified atom stereocenters. The van der Waals surface area contributed by atoms with Gasteiger partial charge in [-0.3, -0.25) is 4.79 Å². The van der Waals surface area contributed by atoms with Gasteiger partial charge in [0, 0.05) is 5.56 Å². The maximum atomic E-state index is 11.2. The number of benzene rings is 1. The van der Waals surface area contributed by atoms with Crippen LogP contribution < -0.4 is 10.1 Å². The molecule has 0 heterocycles. The molecule has 18 heavy (non-hydrogen) atoms. The summed E-state index contributed by atoms with van der Waals surface area (Å²) in [5, 5.41) is 11.3. The van der Waals surface area contributed by atoms with Gasteiger partial charge in [0.25, 0.3) is 5.09 Å². The summed E-state index contributed by atoms with van der Waals surface area (Å²) in [6.45, 7) is -0.606. The lowest BCUT2D eigenvalue weighted by atomic mass is 10.2. The van der Waals surface area contributed by atoms with Crippen molar-refractivity contribution in [3.05, 3.63) is 39.9 Å². The fourth-order valence-corrected chi connectivity index (χ4v) is 1.13. The fourth-order valence-electron chi connectivity index (χ4n) is 1.13. The van der Waals surface area contributed by atoms with E-state index in [-0.39, 0.29) is 18.9 Å². The van der Waals surface area contributed by atoms with Crippen LogP contribution in [-0.2, 0) is 21.0 Å². The first-order valence-corrected chi connectivity index (χ1v) is 4.86. The zero-order valence-electron chi connectivity index (χ0n) is 9.20. The van der Waals surface area contributed by atoms with Crippen molar-refractivity contribution in [3.63, 3.8) is 0 Å². The molecule has 0 aliphatic heterocycles. The van der Waals surface area contributed by atoms with Gasteiger partial charge in [-0.15, -0.1) is 10.1 Å². The topological polar surface area (TPSA) is 108 Å². The molecule has 0 fully saturated rings. The predicted octanol–water partition coefficient (Wildman–Crippen LogP) is 0.0463. The molecule has 0 spiro atoms. The highest BCUT2D eigenvalue weighted by Crippen LogP contribution is 2.18. The normalized spacial score (nSPS) is 9.33. The number of nitrogens with zero attached hydrogens (tertiary/aromatic N) is 1. The Hall–Kier alpha value is -2.64. The highest BCUT2D eigenvalue weighted by Gasteiger charge is 2.09. The van der Waals surface area contributed by atoms with Crippen LogP contribution in [0.25, 0.3) is 0 Å². The minimum absolute atomic E-state index is 0.150. The SMILES string of the molecule is O=CNCC(=O)Oc1ccccc1CO[N+](=O)[O-]. The van der Waals surface area contributed by atoms with Crippen LogP contribution in [0.5, 0.6) is 5.75 Å². The largest absolute Gasteiger partial charge is 0.425 e. The van der Waals surface area contributed by atoms with E-state index < -0.39 is 11.1 Å². The number of hydrogen-bond acceptors (Lipinski definition) is 6. The molecule has 0 radical (unpaired) electrons. The monoisotopic (exact) mass is 254 g/mol. The third-order valence-electron chi connectivity index (χ3n) is 1.85. The number of rotatable bonds is 7. The van der Waals surface area contributed by atoms with Gasteiger partial charge < -0.3 is 14.9 Å². The minimum atomic E-state index is -0.938. The number of nitrogens with one attached hydrogen (secondary N) is 1. The van der Waals surface area contributed by atoms with E-state index in [4.69, 9.17) is 4.74 Å². The molecule has 0 aliphatic rings. The molecule has 1 amide bonds. The highest BCUT2D eigenvalue weighted by molar-refractivity contribution is 5.76. The van der Waals surface area contributed by atoms with Crippen LogP contribution in [0.4, 0.5) is 0 Å². The first kappa shape index (κ1) is 13.4. The highest BCUT2D eigenvalue weighted by atomic mass is 16.9. The number of carbonyl (C=O) groups excluding carboxylic acids is 2. The molecule has 0 atom stereocenters. The van der Waals surface area contributed by atoms with Gasteiger partial charge in [-0.05, 0) is 6.07 Å². The molecule has 8 heteroatoms. The van der Waals surface area contributed by atoms with Crippen LogP contribution in [0, 0.1) is 10.1 Å². The first-order valence-electron chi connectivity index (χ1n) is 4.86. The zero-order valence-corrected chi connectivity index (χ0v) is 9.20. The quantitative estimate of drug-likeness (QED) is 0.242. The second kappa shape index (κ2) is 6.84. The molecular formula is C10H10N2O6. The maximum absolute atomic E-state index is 11.2. The molecular weight excluding hydrogens is 244 g/mol. The Bertz CT molecular complexity index is 448. The third kappa shape index (κ3) is 4.47. The van der Waals surface area contributed by atoms with E-state index in [2.05, 4.69) is 10.2 Å². The lowest BCUT2D eigenvalue weighted by molar-refractivity contribution is -0.763. The Kier molecular flexibility index (Phi) is 5.10.